The van der Waals surface area contributed by atoms with Crippen molar-refractivity contribution in [2.45, 2.75) is 33.3 Å². The van der Waals surface area contributed by atoms with Crippen LogP contribution in [0.25, 0.3) is 0 Å². The first-order chi connectivity index (χ1) is 7.67. The first-order valence-corrected chi connectivity index (χ1v) is 5.51. The summed E-state index contributed by atoms with van der Waals surface area (Å²) in [4.78, 5) is 11.7. The molecule has 3 nitrogen and oxygen atoms in total. The van der Waals surface area contributed by atoms with Crippen LogP contribution in [-0.2, 0) is 13.0 Å². The quantitative estimate of drug-likeness (QED) is 0.778. The lowest BCUT2D eigenvalue weighted by Gasteiger charge is -2.12. The average molecular weight is 222 g/mol. The Morgan fingerprint density at radius 3 is 2.44 bits per heavy atom. The lowest BCUT2D eigenvalue weighted by Crippen LogP contribution is -2.05. The van der Waals surface area contributed by atoms with E-state index in [4.69, 9.17) is 4.74 Å². The summed E-state index contributed by atoms with van der Waals surface area (Å²) in [6.45, 7) is 3.69. The maximum Gasteiger partial charge on any atom is 0.162 e. The van der Waals surface area contributed by atoms with E-state index >= 15 is 0 Å². The Morgan fingerprint density at radius 1 is 1.31 bits per heavy atom. The number of carbonyl (C=O) groups excluding carboxylic acids is 1. The zero-order valence-electron chi connectivity index (χ0n) is 10.0. The summed E-state index contributed by atoms with van der Waals surface area (Å²) in [6, 6.07) is 3.58. The fourth-order valence-electron chi connectivity index (χ4n) is 1.71. The summed E-state index contributed by atoms with van der Waals surface area (Å²) in [7, 11) is 1.59. The Bertz CT molecular complexity index is 383. The summed E-state index contributed by atoms with van der Waals surface area (Å²) in [5.41, 5.74) is 2.25. The molecule has 0 fully saturated rings. The van der Waals surface area contributed by atoms with Crippen molar-refractivity contribution in [1.82, 2.24) is 0 Å². The lowest BCUT2D eigenvalue weighted by molar-refractivity contribution is 0.0985. The van der Waals surface area contributed by atoms with Crippen LogP contribution in [0, 0.1) is 0 Å². The van der Waals surface area contributed by atoms with E-state index in [9.17, 15) is 9.90 Å². The van der Waals surface area contributed by atoms with E-state index in [0.29, 0.717) is 17.5 Å². The molecule has 3 heteroatoms. The number of Topliss-reactive ketones (excluding diaryl/α,β-unsaturated/α-hetero) is 1. The van der Waals surface area contributed by atoms with Crippen molar-refractivity contribution in [2.75, 3.05) is 7.11 Å². The molecule has 1 aromatic rings. The van der Waals surface area contributed by atoms with Gasteiger partial charge in [0, 0.05) is 12.0 Å². The van der Waals surface area contributed by atoms with Crippen LogP contribution >= 0.6 is 0 Å². The van der Waals surface area contributed by atoms with E-state index in [1.54, 1.807) is 13.2 Å². The molecule has 0 aliphatic rings. The molecule has 0 aliphatic heterocycles. The van der Waals surface area contributed by atoms with Gasteiger partial charge in [0.05, 0.1) is 13.7 Å². The summed E-state index contributed by atoms with van der Waals surface area (Å²) in [5.74, 6) is 0.792. The van der Waals surface area contributed by atoms with Crippen LogP contribution in [0.3, 0.4) is 0 Å². The number of aliphatic hydroxyl groups excluding tert-OH is 1. The second-order valence-corrected chi connectivity index (χ2v) is 3.61. The standard InChI is InChI=1S/C13H18O3/c1-4-9-6-11(12(15)5-2)10(8-14)7-13(9)16-3/h6-7,14H,4-5,8H2,1-3H3. The summed E-state index contributed by atoms with van der Waals surface area (Å²) < 4.78 is 5.22. The first kappa shape index (κ1) is 12.7. The van der Waals surface area contributed by atoms with Gasteiger partial charge in [-0.15, -0.1) is 0 Å². The maximum absolute atomic E-state index is 11.7. The van der Waals surface area contributed by atoms with Crippen LogP contribution in [-0.4, -0.2) is 18.0 Å². The van der Waals surface area contributed by atoms with Crippen LogP contribution in [0.15, 0.2) is 12.1 Å². The third-order valence-electron chi connectivity index (χ3n) is 2.68. The van der Waals surface area contributed by atoms with Gasteiger partial charge in [0.15, 0.2) is 5.78 Å². The molecule has 0 unspecified atom stereocenters. The number of methoxy groups -OCH3 is 1. The Morgan fingerprint density at radius 2 is 2.00 bits per heavy atom. The Balaban J connectivity index is 3.31. The van der Waals surface area contributed by atoms with Gasteiger partial charge in [0.1, 0.15) is 5.75 Å². The van der Waals surface area contributed by atoms with Gasteiger partial charge in [0.2, 0.25) is 0 Å². The van der Waals surface area contributed by atoms with Gasteiger partial charge in [-0.1, -0.05) is 13.8 Å². The van der Waals surface area contributed by atoms with Crippen molar-refractivity contribution in [3.63, 3.8) is 0 Å². The van der Waals surface area contributed by atoms with E-state index < -0.39 is 0 Å². The van der Waals surface area contributed by atoms with Crippen molar-refractivity contribution < 1.29 is 14.6 Å². The highest BCUT2D eigenvalue weighted by molar-refractivity contribution is 5.97. The van der Waals surface area contributed by atoms with Gasteiger partial charge in [-0.2, -0.15) is 0 Å². The van der Waals surface area contributed by atoms with Crippen molar-refractivity contribution in [2.24, 2.45) is 0 Å². The minimum atomic E-state index is -0.137. The molecule has 0 amide bonds. The molecule has 0 spiro atoms. The van der Waals surface area contributed by atoms with Gasteiger partial charge in [0.25, 0.3) is 0 Å². The molecule has 0 saturated carbocycles. The first-order valence-electron chi connectivity index (χ1n) is 5.51. The maximum atomic E-state index is 11.7. The van der Waals surface area contributed by atoms with Gasteiger partial charge < -0.3 is 9.84 Å². The number of carbonyl (C=O) groups is 1. The third kappa shape index (κ3) is 2.42. The highest BCUT2D eigenvalue weighted by Gasteiger charge is 2.13. The summed E-state index contributed by atoms with van der Waals surface area (Å²) in [6.07, 6.45) is 1.25. The average Bonchev–Trinajstić information content (AvgIpc) is 2.35. The van der Waals surface area contributed by atoms with Crippen LogP contribution in [0.2, 0.25) is 0 Å². The van der Waals surface area contributed by atoms with Crippen molar-refractivity contribution in [1.29, 1.82) is 0 Å². The molecule has 16 heavy (non-hydrogen) atoms. The van der Waals surface area contributed by atoms with Gasteiger partial charge in [-0.05, 0) is 29.7 Å². The highest BCUT2D eigenvalue weighted by atomic mass is 16.5. The van der Waals surface area contributed by atoms with Crippen molar-refractivity contribution in [3.8, 4) is 5.75 Å². The zero-order chi connectivity index (χ0) is 12.1. The van der Waals surface area contributed by atoms with E-state index in [1.165, 1.54) is 0 Å². The summed E-state index contributed by atoms with van der Waals surface area (Å²) in [5, 5.41) is 9.24. The van der Waals surface area contributed by atoms with E-state index in [0.717, 1.165) is 17.7 Å². The molecule has 1 aromatic carbocycles. The van der Waals surface area contributed by atoms with E-state index in [-0.39, 0.29) is 12.4 Å². The Kier molecular flexibility index (Phi) is 4.50. The normalized spacial score (nSPS) is 10.2. The smallest absolute Gasteiger partial charge is 0.162 e. The molecule has 0 radical (unpaired) electrons. The largest absolute Gasteiger partial charge is 0.496 e. The zero-order valence-corrected chi connectivity index (χ0v) is 10.0. The molecule has 0 aliphatic carbocycles. The number of rotatable bonds is 5. The summed E-state index contributed by atoms with van der Waals surface area (Å²) >= 11 is 0. The molecule has 88 valence electrons. The molecule has 0 aromatic heterocycles. The van der Waals surface area contributed by atoms with Crippen LogP contribution in [0.4, 0.5) is 0 Å². The van der Waals surface area contributed by atoms with Gasteiger partial charge >= 0.3 is 0 Å². The predicted molar refractivity (Wildman–Crippen MR) is 62.9 cm³/mol. The molecule has 0 heterocycles. The fraction of sp³-hybridized carbons (Fsp3) is 0.462. The number of ether oxygens (including phenoxy) is 1. The molecule has 0 saturated heterocycles. The number of aliphatic hydroxyl groups is 1. The van der Waals surface area contributed by atoms with E-state index in [1.807, 2.05) is 19.9 Å². The molecule has 0 bridgehead atoms. The number of benzene rings is 1. The second-order valence-electron chi connectivity index (χ2n) is 3.61. The van der Waals surface area contributed by atoms with Gasteiger partial charge in [-0.3, -0.25) is 4.79 Å². The fourth-order valence-corrected chi connectivity index (χ4v) is 1.71. The monoisotopic (exact) mass is 222 g/mol. The molecule has 1 N–H and O–H groups in total. The molecule has 0 atom stereocenters. The second kappa shape index (κ2) is 5.66. The number of aryl methyl sites for hydroxylation is 1. The van der Waals surface area contributed by atoms with Gasteiger partial charge in [-0.25, -0.2) is 0 Å². The third-order valence-corrected chi connectivity index (χ3v) is 2.68. The van der Waals surface area contributed by atoms with Crippen molar-refractivity contribution in [3.05, 3.63) is 28.8 Å². The molecular weight excluding hydrogens is 204 g/mol. The van der Waals surface area contributed by atoms with Crippen LogP contribution in [0.5, 0.6) is 5.75 Å². The van der Waals surface area contributed by atoms with Crippen LogP contribution < -0.4 is 4.74 Å². The minimum absolute atomic E-state index is 0.0569. The minimum Gasteiger partial charge on any atom is -0.496 e. The van der Waals surface area contributed by atoms with Crippen molar-refractivity contribution >= 4 is 5.78 Å². The Hall–Kier alpha value is -1.35. The highest BCUT2D eigenvalue weighted by Crippen LogP contribution is 2.25. The molecular formula is C13H18O3. The number of hydrogen-bond donors (Lipinski definition) is 1. The number of ketones is 1. The lowest BCUT2D eigenvalue weighted by atomic mass is 9.97. The number of hydrogen-bond acceptors (Lipinski definition) is 3. The van der Waals surface area contributed by atoms with E-state index in [2.05, 4.69) is 0 Å². The van der Waals surface area contributed by atoms with Crippen LogP contribution in [0.1, 0.15) is 41.8 Å². The predicted octanol–water partition coefficient (Wildman–Crippen LogP) is 2.34. The molecule has 1 rings (SSSR count). The SMILES string of the molecule is CCC(=O)c1cc(CC)c(OC)cc1CO. The topological polar surface area (TPSA) is 46.5 Å². The Labute approximate surface area is 96.1 Å².